The second-order valence-electron chi connectivity index (χ2n) is 7.36. The van der Waals surface area contributed by atoms with Crippen molar-refractivity contribution in [2.45, 2.75) is 52.7 Å². The van der Waals surface area contributed by atoms with Crippen LogP contribution in [-0.4, -0.2) is 28.5 Å². The van der Waals surface area contributed by atoms with E-state index in [4.69, 9.17) is 21.1 Å². The average Bonchev–Trinajstić information content (AvgIpc) is 2.73. The van der Waals surface area contributed by atoms with E-state index in [1.165, 1.54) is 0 Å². The SMILES string of the molecule is CC(C)(C)OC(=O)N1Nc2cc(Cl)ccc2N1C(=O)OC(C)(C)C. The number of hydrogen-bond donors (Lipinski definition) is 1. The van der Waals surface area contributed by atoms with Gasteiger partial charge in [-0.1, -0.05) is 11.6 Å². The summed E-state index contributed by atoms with van der Waals surface area (Å²) in [5.74, 6) is 0. The first-order chi connectivity index (χ1) is 10.9. The van der Waals surface area contributed by atoms with Crippen molar-refractivity contribution in [2.24, 2.45) is 0 Å². The summed E-state index contributed by atoms with van der Waals surface area (Å²) < 4.78 is 10.7. The molecule has 1 heterocycles. The van der Waals surface area contributed by atoms with Gasteiger partial charge in [0, 0.05) is 5.02 Å². The van der Waals surface area contributed by atoms with E-state index in [1.807, 2.05) is 0 Å². The van der Waals surface area contributed by atoms with Crippen molar-refractivity contribution in [1.29, 1.82) is 0 Å². The number of nitrogens with one attached hydrogen (secondary N) is 1. The molecule has 1 aliphatic rings. The molecule has 0 radical (unpaired) electrons. The molecule has 2 rings (SSSR count). The van der Waals surface area contributed by atoms with Gasteiger partial charge < -0.3 is 9.47 Å². The minimum atomic E-state index is -0.735. The Bertz CT molecular complexity index is 664. The predicted molar refractivity (Wildman–Crippen MR) is 91.9 cm³/mol. The van der Waals surface area contributed by atoms with Crippen LogP contribution in [0.25, 0.3) is 0 Å². The third kappa shape index (κ3) is 4.23. The zero-order valence-electron chi connectivity index (χ0n) is 14.6. The molecule has 0 aliphatic carbocycles. The first-order valence-electron chi connectivity index (χ1n) is 7.50. The maximum absolute atomic E-state index is 12.6. The van der Waals surface area contributed by atoms with Gasteiger partial charge in [-0.05, 0) is 59.7 Å². The molecule has 0 atom stereocenters. The fourth-order valence-corrected chi connectivity index (χ4v) is 2.14. The number of hydrazine groups is 2. The third-order valence-electron chi connectivity index (χ3n) is 2.75. The Morgan fingerprint density at radius 2 is 1.54 bits per heavy atom. The van der Waals surface area contributed by atoms with E-state index in [1.54, 1.807) is 59.7 Å². The Kier molecular flexibility index (Phi) is 4.59. The van der Waals surface area contributed by atoms with E-state index in [9.17, 15) is 9.59 Å². The molecule has 0 unspecified atom stereocenters. The molecule has 2 amide bonds. The van der Waals surface area contributed by atoms with Crippen LogP contribution in [0, 0.1) is 0 Å². The molecule has 1 aliphatic heterocycles. The van der Waals surface area contributed by atoms with Crippen LogP contribution >= 0.6 is 11.6 Å². The quantitative estimate of drug-likeness (QED) is 0.737. The summed E-state index contributed by atoms with van der Waals surface area (Å²) in [7, 11) is 0. The van der Waals surface area contributed by atoms with Crippen LogP contribution < -0.4 is 10.4 Å². The number of amides is 2. The smallest absolute Gasteiger partial charge is 0.442 e. The molecule has 0 fully saturated rings. The summed E-state index contributed by atoms with van der Waals surface area (Å²) >= 11 is 5.98. The molecular weight excluding hydrogens is 334 g/mol. The molecular formula is C16H22ClN3O4. The van der Waals surface area contributed by atoms with Gasteiger partial charge >= 0.3 is 12.2 Å². The summed E-state index contributed by atoms with van der Waals surface area (Å²) in [5, 5.41) is 2.53. The molecule has 1 aromatic carbocycles. The van der Waals surface area contributed by atoms with Crippen molar-refractivity contribution in [3.05, 3.63) is 23.2 Å². The molecule has 1 N–H and O–H groups in total. The average molecular weight is 356 g/mol. The Balaban J connectivity index is 2.36. The van der Waals surface area contributed by atoms with E-state index in [-0.39, 0.29) is 0 Å². The number of fused-ring (bicyclic) bond motifs is 1. The van der Waals surface area contributed by atoms with Crippen LogP contribution in [0.5, 0.6) is 0 Å². The maximum atomic E-state index is 12.6. The second kappa shape index (κ2) is 6.05. The normalized spacial score (nSPS) is 14.1. The minimum absolute atomic E-state index is 0.444. The van der Waals surface area contributed by atoms with Crippen molar-refractivity contribution in [1.82, 2.24) is 5.12 Å². The summed E-state index contributed by atoms with van der Waals surface area (Å²) in [5.41, 5.74) is 2.32. The number of carbonyl (C=O) groups is 2. The topological polar surface area (TPSA) is 71.1 Å². The molecule has 0 saturated carbocycles. The lowest BCUT2D eigenvalue weighted by atomic mass is 10.2. The van der Waals surface area contributed by atoms with E-state index in [0.29, 0.717) is 16.4 Å². The van der Waals surface area contributed by atoms with Gasteiger partial charge in [-0.15, -0.1) is 5.12 Å². The van der Waals surface area contributed by atoms with Gasteiger partial charge in [0.05, 0.1) is 11.4 Å². The lowest BCUT2D eigenvalue weighted by Crippen LogP contribution is -2.52. The number of carbonyl (C=O) groups excluding carboxylic acids is 2. The highest BCUT2D eigenvalue weighted by Gasteiger charge is 2.40. The monoisotopic (exact) mass is 355 g/mol. The van der Waals surface area contributed by atoms with Gasteiger partial charge in [0.15, 0.2) is 0 Å². The second-order valence-corrected chi connectivity index (χ2v) is 7.79. The number of halogens is 1. The first-order valence-corrected chi connectivity index (χ1v) is 7.87. The number of anilines is 2. The Hall–Kier alpha value is -2.15. The molecule has 0 aromatic heterocycles. The van der Waals surface area contributed by atoms with Gasteiger partial charge in [0.25, 0.3) is 0 Å². The van der Waals surface area contributed by atoms with Crippen LogP contribution in [0.15, 0.2) is 18.2 Å². The lowest BCUT2D eigenvalue weighted by molar-refractivity contribution is 0.0197. The van der Waals surface area contributed by atoms with Gasteiger partial charge in [-0.3, -0.25) is 5.43 Å². The van der Waals surface area contributed by atoms with Gasteiger partial charge in [-0.2, -0.15) is 5.01 Å². The highest BCUT2D eigenvalue weighted by atomic mass is 35.5. The molecule has 24 heavy (non-hydrogen) atoms. The van der Waals surface area contributed by atoms with Crippen LogP contribution in [0.2, 0.25) is 5.02 Å². The first kappa shape index (κ1) is 18.2. The van der Waals surface area contributed by atoms with E-state index in [2.05, 4.69) is 5.43 Å². The van der Waals surface area contributed by atoms with Crippen LogP contribution in [0.4, 0.5) is 21.0 Å². The van der Waals surface area contributed by atoms with Gasteiger partial charge in [-0.25, -0.2) is 9.59 Å². The zero-order chi connectivity index (χ0) is 18.3. The van der Waals surface area contributed by atoms with Crippen molar-refractivity contribution in [3.63, 3.8) is 0 Å². The van der Waals surface area contributed by atoms with Crippen molar-refractivity contribution in [2.75, 3.05) is 10.4 Å². The molecule has 0 bridgehead atoms. The minimum Gasteiger partial charge on any atom is -0.442 e. The number of nitrogens with zero attached hydrogens (tertiary/aromatic N) is 2. The number of benzene rings is 1. The fraction of sp³-hybridized carbons (Fsp3) is 0.500. The lowest BCUT2D eigenvalue weighted by Gasteiger charge is -2.31. The molecule has 0 spiro atoms. The number of hydrogen-bond acceptors (Lipinski definition) is 5. The summed E-state index contributed by atoms with van der Waals surface area (Å²) in [4.78, 5) is 25.0. The van der Waals surface area contributed by atoms with Crippen molar-refractivity contribution in [3.8, 4) is 0 Å². The zero-order valence-corrected chi connectivity index (χ0v) is 15.4. The highest BCUT2D eigenvalue weighted by Crippen LogP contribution is 2.37. The largest absolute Gasteiger partial charge is 0.449 e. The van der Waals surface area contributed by atoms with Gasteiger partial charge in [0.2, 0.25) is 0 Å². The Morgan fingerprint density at radius 1 is 1.00 bits per heavy atom. The summed E-state index contributed by atoms with van der Waals surface area (Å²) in [6.07, 6.45) is -1.44. The number of rotatable bonds is 0. The van der Waals surface area contributed by atoms with Crippen LogP contribution in [0.3, 0.4) is 0 Å². The highest BCUT2D eigenvalue weighted by molar-refractivity contribution is 6.31. The van der Waals surface area contributed by atoms with Gasteiger partial charge in [0.1, 0.15) is 11.2 Å². The molecule has 1 aromatic rings. The molecule has 0 saturated heterocycles. The molecule has 132 valence electrons. The Morgan fingerprint density at radius 3 is 2.08 bits per heavy atom. The molecule has 7 nitrogen and oxygen atoms in total. The predicted octanol–water partition coefficient (Wildman–Crippen LogP) is 4.57. The van der Waals surface area contributed by atoms with Crippen molar-refractivity contribution >= 4 is 35.2 Å². The standard InChI is InChI=1S/C16H22ClN3O4/c1-15(2,3)23-13(21)19-12-8-7-10(17)9-11(12)18-20(19)14(22)24-16(4,5)6/h7-9,18H,1-6H3. The third-order valence-corrected chi connectivity index (χ3v) is 2.98. The molecule has 8 heteroatoms. The van der Waals surface area contributed by atoms with Crippen molar-refractivity contribution < 1.29 is 19.1 Å². The fourth-order valence-electron chi connectivity index (χ4n) is 1.97. The number of ether oxygens (including phenoxy) is 2. The summed E-state index contributed by atoms with van der Waals surface area (Å²) in [6, 6.07) is 4.86. The maximum Gasteiger partial charge on any atom is 0.449 e. The summed E-state index contributed by atoms with van der Waals surface area (Å²) in [6.45, 7) is 10.5. The van der Waals surface area contributed by atoms with Crippen LogP contribution in [-0.2, 0) is 9.47 Å². The van der Waals surface area contributed by atoms with E-state index < -0.39 is 23.4 Å². The Labute approximate surface area is 146 Å². The van der Waals surface area contributed by atoms with E-state index in [0.717, 1.165) is 10.1 Å². The van der Waals surface area contributed by atoms with Crippen LogP contribution in [0.1, 0.15) is 41.5 Å². The van der Waals surface area contributed by atoms with E-state index >= 15 is 0 Å².